The van der Waals surface area contributed by atoms with Crippen molar-refractivity contribution in [3.05, 3.63) is 28.8 Å². The Morgan fingerprint density at radius 3 is 2.20 bits per heavy atom. The van der Waals surface area contributed by atoms with Crippen molar-refractivity contribution in [2.24, 2.45) is 0 Å². The quantitative estimate of drug-likeness (QED) is 0.749. The molecule has 0 spiro atoms. The van der Waals surface area contributed by atoms with Gasteiger partial charge >= 0.3 is 11.9 Å². The first-order valence-electron chi connectivity index (χ1n) is 6.55. The summed E-state index contributed by atoms with van der Waals surface area (Å²) in [7, 11) is 2.55. The summed E-state index contributed by atoms with van der Waals surface area (Å²) in [6.45, 7) is 4.43. The molecule has 0 aliphatic rings. The highest BCUT2D eigenvalue weighted by molar-refractivity contribution is 6.04. The maximum Gasteiger partial charge on any atom is 0.339 e. The molecule has 5 nitrogen and oxygen atoms in total. The summed E-state index contributed by atoms with van der Waals surface area (Å²) in [5.74, 6) is -0.580. The lowest BCUT2D eigenvalue weighted by atomic mass is 9.98. The molecule has 0 aliphatic heterocycles. The van der Waals surface area contributed by atoms with Gasteiger partial charge in [-0.2, -0.15) is 0 Å². The van der Waals surface area contributed by atoms with E-state index in [9.17, 15) is 9.59 Å². The number of carbonyl (C=O) groups is 2. The molecule has 20 heavy (non-hydrogen) atoms. The monoisotopic (exact) mass is 280 g/mol. The number of carbonyl (C=O) groups excluding carboxylic acids is 2. The molecule has 5 heteroatoms. The summed E-state index contributed by atoms with van der Waals surface area (Å²) >= 11 is 0. The molecular formula is C15H20O5. The van der Waals surface area contributed by atoms with Crippen LogP contribution in [-0.2, 0) is 15.9 Å². The number of benzene rings is 1. The smallest absolute Gasteiger partial charge is 0.339 e. The Morgan fingerprint density at radius 1 is 1.05 bits per heavy atom. The molecule has 0 saturated heterocycles. The zero-order chi connectivity index (χ0) is 15.1. The van der Waals surface area contributed by atoms with Crippen molar-refractivity contribution in [1.82, 2.24) is 0 Å². The molecule has 0 unspecified atom stereocenters. The Bertz CT molecular complexity index is 493. The van der Waals surface area contributed by atoms with Crippen molar-refractivity contribution in [1.29, 1.82) is 0 Å². The molecule has 0 atom stereocenters. The standard InChI is InChI=1S/C15H20O5/c1-5-7-20-11-8-10(6-2)13(15(17)19-4)12(9-11)14(16)18-3/h8-9H,5-7H2,1-4H3. The fraction of sp³-hybridized carbons (Fsp3) is 0.467. The van der Waals surface area contributed by atoms with Crippen molar-refractivity contribution in [3.8, 4) is 5.75 Å². The number of methoxy groups -OCH3 is 2. The minimum Gasteiger partial charge on any atom is -0.494 e. The van der Waals surface area contributed by atoms with Crippen LogP contribution in [0.1, 0.15) is 46.5 Å². The SMILES string of the molecule is CCCOc1cc(CC)c(C(=O)OC)c(C(=O)OC)c1. The van der Waals surface area contributed by atoms with E-state index in [-0.39, 0.29) is 11.1 Å². The van der Waals surface area contributed by atoms with Gasteiger partial charge in [0, 0.05) is 0 Å². The van der Waals surface area contributed by atoms with Gasteiger partial charge < -0.3 is 14.2 Å². The van der Waals surface area contributed by atoms with Crippen LogP contribution in [0, 0.1) is 0 Å². The van der Waals surface area contributed by atoms with E-state index in [4.69, 9.17) is 14.2 Å². The molecular weight excluding hydrogens is 260 g/mol. The molecule has 0 aromatic heterocycles. The summed E-state index contributed by atoms with van der Waals surface area (Å²) < 4.78 is 15.0. The molecule has 1 aromatic rings. The minimum atomic E-state index is -0.581. The summed E-state index contributed by atoms with van der Waals surface area (Å²) in [6.07, 6.45) is 1.44. The van der Waals surface area contributed by atoms with Crippen LogP contribution >= 0.6 is 0 Å². The maximum absolute atomic E-state index is 11.9. The van der Waals surface area contributed by atoms with Gasteiger partial charge in [-0.1, -0.05) is 13.8 Å². The van der Waals surface area contributed by atoms with Crippen LogP contribution in [0.25, 0.3) is 0 Å². The highest BCUT2D eigenvalue weighted by atomic mass is 16.5. The van der Waals surface area contributed by atoms with Gasteiger partial charge in [-0.15, -0.1) is 0 Å². The molecule has 110 valence electrons. The fourth-order valence-corrected chi connectivity index (χ4v) is 1.87. The maximum atomic E-state index is 11.9. The molecule has 0 aliphatic carbocycles. The van der Waals surface area contributed by atoms with Gasteiger partial charge in [0.1, 0.15) is 5.75 Å². The number of hydrogen-bond acceptors (Lipinski definition) is 5. The molecule has 0 bridgehead atoms. The molecule has 0 amide bonds. The second-order valence-electron chi connectivity index (χ2n) is 4.19. The predicted molar refractivity (Wildman–Crippen MR) is 74.3 cm³/mol. The van der Waals surface area contributed by atoms with Crippen molar-refractivity contribution in [2.45, 2.75) is 26.7 Å². The highest BCUT2D eigenvalue weighted by Crippen LogP contribution is 2.25. The number of aryl methyl sites for hydroxylation is 1. The van der Waals surface area contributed by atoms with E-state index in [0.717, 1.165) is 6.42 Å². The molecule has 0 N–H and O–H groups in total. The Hall–Kier alpha value is -2.04. The Morgan fingerprint density at radius 2 is 1.70 bits per heavy atom. The van der Waals surface area contributed by atoms with Crippen LogP contribution in [0.15, 0.2) is 12.1 Å². The highest BCUT2D eigenvalue weighted by Gasteiger charge is 2.23. The molecule has 1 rings (SSSR count). The topological polar surface area (TPSA) is 61.8 Å². The molecule has 0 radical (unpaired) electrons. The number of esters is 2. The number of hydrogen-bond donors (Lipinski definition) is 0. The van der Waals surface area contributed by atoms with Gasteiger partial charge in [0.05, 0.1) is 32.0 Å². The van der Waals surface area contributed by atoms with Crippen molar-refractivity contribution in [2.75, 3.05) is 20.8 Å². The van der Waals surface area contributed by atoms with E-state index < -0.39 is 11.9 Å². The van der Waals surface area contributed by atoms with E-state index in [2.05, 4.69) is 0 Å². The Balaban J connectivity index is 3.39. The van der Waals surface area contributed by atoms with Gasteiger partial charge in [0.2, 0.25) is 0 Å². The Labute approximate surface area is 118 Å². The van der Waals surface area contributed by atoms with E-state index >= 15 is 0 Å². The predicted octanol–water partition coefficient (Wildman–Crippen LogP) is 2.61. The van der Waals surface area contributed by atoms with Crippen LogP contribution in [0.3, 0.4) is 0 Å². The first kappa shape index (κ1) is 16.0. The zero-order valence-electron chi connectivity index (χ0n) is 12.3. The van der Waals surface area contributed by atoms with Crippen molar-refractivity contribution >= 4 is 11.9 Å². The van der Waals surface area contributed by atoms with Gasteiger partial charge in [0.25, 0.3) is 0 Å². The normalized spacial score (nSPS) is 10.0. The zero-order valence-corrected chi connectivity index (χ0v) is 12.3. The number of ether oxygens (including phenoxy) is 3. The average Bonchev–Trinajstić information content (AvgIpc) is 2.50. The molecule has 1 aromatic carbocycles. The van der Waals surface area contributed by atoms with Crippen molar-refractivity contribution in [3.63, 3.8) is 0 Å². The third-order valence-electron chi connectivity index (χ3n) is 2.84. The van der Waals surface area contributed by atoms with Gasteiger partial charge in [-0.05, 0) is 30.5 Å². The average molecular weight is 280 g/mol. The molecule has 0 fully saturated rings. The van der Waals surface area contributed by atoms with Gasteiger partial charge in [-0.3, -0.25) is 0 Å². The lowest BCUT2D eigenvalue weighted by Crippen LogP contribution is -2.15. The lowest BCUT2D eigenvalue weighted by molar-refractivity contribution is 0.0553. The number of rotatable bonds is 6. The van der Waals surface area contributed by atoms with E-state index in [1.165, 1.54) is 20.3 Å². The fourth-order valence-electron chi connectivity index (χ4n) is 1.87. The summed E-state index contributed by atoms with van der Waals surface area (Å²) in [6, 6.07) is 3.28. The third-order valence-corrected chi connectivity index (χ3v) is 2.84. The lowest BCUT2D eigenvalue weighted by Gasteiger charge is -2.14. The minimum absolute atomic E-state index is 0.171. The second-order valence-corrected chi connectivity index (χ2v) is 4.19. The van der Waals surface area contributed by atoms with Gasteiger partial charge in [-0.25, -0.2) is 9.59 Å². The summed E-state index contributed by atoms with van der Waals surface area (Å²) in [4.78, 5) is 23.8. The first-order chi connectivity index (χ1) is 9.58. The van der Waals surface area contributed by atoms with Crippen LogP contribution in [0.2, 0.25) is 0 Å². The van der Waals surface area contributed by atoms with E-state index in [1.54, 1.807) is 6.07 Å². The third kappa shape index (κ3) is 3.50. The summed E-state index contributed by atoms with van der Waals surface area (Å²) in [5, 5.41) is 0. The van der Waals surface area contributed by atoms with Crippen LogP contribution in [0.5, 0.6) is 5.75 Å². The molecule has 0 saturated carbocycles. The largest absolute Gasteiger partial charge is 0.494 e. The van der Waals surface area contributed by atoms with Crippen molar-refractivity contribution < 1.29 is 23.8 Å². The van der Waals surface area contributed by atoms with Gasteiger partial charge in [0.15, 0.2) is 0 Å². The van der Waals surface area contributed by atoms with Crippen LogP contribution in [-0.4, -0.2) is 32.8 Å². The van der Waals surface area contributed by atoms with E-state index in [1.807, 2.05) is 13.8 Å². The first-order valence-corrected chi connectivity index (χ1v) is 6.55. The van der Waals surface area contributed by atoms with Crippen LogP contribution in [0.4, 0.5) is 0 Å². The van der Waals surface area contributed by atoms with Crippen LogP contribution < -0.4 is 4.74 Å². The van der Waals surface area contributed by atoms with E-state index in [0.29, 0.717) is 24.3 Å². The second kappa shape index (κ2) is 7.53. The Kier molecular flexibility index (Phi) is 6.03. The molecule has 0 heterocycles. The summed E-state index contributed by atoms with van der Waals surface area (Å²) in [5.41, 5.74) is 1.11.